The van der Waals surface area contributed by atoms with Crippen LogP contribution in [0, 0.1) is 0 Å². The number of alkyl halides is 1. The molecule has 0 N–H and O–H groups in total. The summed E-state index contributed by atoms with van der Waals surface area (Å²) < 4.78 is 20.7. The summed E-state index contributed by atoms with van der Waals surface area (Å²) >= 11 is 2.85. The fourth-order valence-electron chi connectivity index (χ4n) is 0.331. The minimum Gasteiger partial charge on any atom is -0.298 e. The van der Waals surface area contributed by atoms with E-state index < -0.39 is 9.84 Å². The Hall–Kier alpha value is 0.1000. The Kier molecular flexibility index (Phi) is 3.35. The van der Waals surface area contributed by atoms with Crippen LogP contribution in [0.5, 0.6) is 0 Å². The molecule has 0 atom stereocenters. The Balaban J connectivity index is 3.91. The van der Waals surface area contributed by atoms with E-state index in [4.69, 9.17) is 0 Å². The standard InChI is InChI=1S/C4H7BrO3S/c1-9(7,8)3-4(6)2-5/h2-3H2,1H3. The molecule has 0 aromatic heterocycles. The van der Waals surface area contributed by atoms with Gasteiger partial charge < -0.3 is 0 Å². The number of carbonyl (C=O) groups excluding carboxylic acids is 1. The highest BCUT2D eigenvalue weighted by Crippen LogP contribution is 1.88. The number of sulfone groups is 1. The van der Waals surface area contributed by atoms with Crippen LogP contribution in [-0.2, 0) is 14.6 Å². The normalized spacial score (nSPS) is 11.3. The van der Waals surface area contributed by atoms with Crippen molar-refractivity contribution in [2.24, 2.45) is 0 Å². The Morgan fingerprint density at radius 1 is 1.56 bits per heavy atom. The molecule has 0 rings (SSSR count). The molecule has 0 saturated carbocycles. The molecule has 0 aliphatic rings. The van der Waals surface area contributed by atoms with E-state index in [2.05, 4.69) is 15.9 Å². The van der Waals surface area contributed by atoms with Gasteiger partial charge in [0.2, 0.25) is 0 Å². The van der Waals surface area contributed by atoms with Crippen molar-refractivity contribution in [3.63, 3.8) is 0 Å². The molecule has 0 aromatic carbocycles. The molecule has 9 heavy (non-hydrogen) atoms. The van der Waals surface area contributed by atoms with E-state index >= 15 is 0 Å². The first-order valence-corrected chi connectivity index (χ1v) is 5.39. The Labute approximate surface area is 62.5 Å². The molecule has 0 spiro atoms. The largest absolute Gasteiger partial charge is 0.298 e. The molecule has 0 aliphatic carbocycles. The third-order valence-corrected chi connectivity index (χ3v) is 2.04. The first-order chi connectivity index (χ1) is 3.95. The van der Waals surface area contributed by atoms with Gasteiger partial charge in [0.05, 0.1) is 5.33 Å². The molecule has 0 amide bonds. The van der Waals surface area contributed by atoms with Crippen molar-refractivity contribution in [1.29, 1.82) is 0 Å². The lowest BCUT2D eigenvalue weighted by molar-refractivity contribution is -0.114. The van der Waals surface area contributed by atoms with Gasteiger partial charge in [0.1, 0.15) is 5.75 Å². The Bertz CT molecular complexity index is 194. The minimum absolute atomic E-state index is 0.111. The second-order valence-electron chi connectivity index (χ2n) is 1.74. The molecule has 0 heterocycles. The van der Waals surface area contributed by atoms with Crippen LogP contribution in [0.25, 0.3) is 0 Å². The minimum atomic E-state index is -3.12. The molecule has 5 heteroatoms. The van der Waals surface area contributed by atoms with Crippen LogP contribution >= 0.6 is 15.9 Å². The molecule has 3 nitrogen and oxygen atoms in total. The summed E-state index contributed by atoms with van der Waals surface area (Å²) in [6.07, 6.45) is 1.04. The van der Waals surface area contributed by atoms with Gasteiger partial charge in [0, 0.05) is 6.26 Å². The maximum Gasteiger partial charge on any atom is 0.158 e. The van der Waals surface area contributed by atoms with E-state index in [-0.39, 0.29) is 16.9 Å². The molecule has 0 unspecified atom stereocenters. The van der Waals surface area contributed by atoms with Crippen molar-refractivity contribution in [2.45, 2.75) is 0 Å². The van der Waals surface area contributed by atoms with E-state index in [0.717, 1.165) is 6.26 Å². The quantitative estimate of drug-likeness (QED) is 0.622. The lowest BCUT2D eigenvalue weighted by atomic mass is 10.5. The van der Waals surface area contributed by atoms with Crippen molar-refractivity contribution in [1.82, 2.24) is 0 Å². The second-order valence-corrected chi connectivity index (χ2v) is 4.44. The number of Topliss-reactive ketones (excluding diaryl/α,β-unsaturated/α-hetero) is 1. The van der Waals surface area contributed by atoms with Gasteiger partial charge in [0.15, 0.2) is 15.6 Å². The summed E-state index contributed by atoms with van der Waals surface area (Å²) in [5.41, 5.74) is 0. The van der Waals surface area contributed by atoms with Gasteiger partial charge in [-0.2, -0.15) is 0 Å². The van der Waals surface area contributed by atoms with Gasteiger partial charge >= 0.3 is 0 Å². The summed E-state index contributed by atoms with van der Waals surface area (Å²) in [7, 11) is -3.12. The van der Waals surface area contributed by atoms with Crippen LogP contribution in [0.15, 0.2) is 0 Å². The smallest absolute Gasteiger partial charge is 0.158 e. The van der Waals surface area contributed by atoms with E-state index in [9.17, 15) is 13.2 Å². The highest BCUT2D eigenvalue weighted by molar-refractivity contribution is 9.09. The average molecular weight is 215 g/mol. The lowest BCUT2D eigenvalue weighted by Gasteiger charge is -1.90. The zero-order valence-electron chi connectivity index (χ0n) is 4.93. The van der Waals surface area contributed by atoms with Crippen molar-refractivity contribution < 1.29 is 13.2 Å². The van der Waals surface area contributed by atoms with E-state index in [1.807, 2.05) is 0 Å². The van der Waals surface area contributed by atoms with Crippen molar-refractivity contribution >= 4 is 31.6 Å². The highest BCUT2D eigenvalue weighted by Gasteiger charge is 2.07. The van der Waals surface area contributed by atoms with Crippen LogP contribution in [0.3, 0.4) is 0 Å². The zero-order chi connectivity index (χ0) is 7.49. The summed E-state index contributed by atoms with van der Waals surface area (Å²) in [4.78, 5) is 10.4. The molecule has 0 aromatic rings. The Morgan fingerprint density at radius 3 is 2.11 bits per heavy atom. The third-order valence-electron chi connectivity index (χ3n) is 0.572. The van der Waals surface area contributed by atoms with E-state index in [1.165, 1.54) is 0 Å². The molecule has 0 aliphatic heterocycles. The molecule has 0 bridgehead atoms. The van der Waals surface area contributed by atoms with Crippen LogP contribution in [0.4, 0.5) is 0 Å². The maximum atomic E-state index is 10.4. The van der Waals surface area contributed by atoms with Crippen molar-refractivity contribution in [2.75, 3.05) is 17.3 Å². The fraction of sp³-hybridized carbons (Fsp3) is 0.750. The van der Waals surface area contributed by atoms with Crippen molar-refractivity contribution in [3.8, 4) is 0 Å². The predicted molar refractivity (Wildman–Crippen MR) is 38.5 cm³/mol. The van der Waals surface area contributed by atoms with Crippen LogP contribution < -0.4 is 0 Å². The predicted octanol–water partition coefficient (Wildman–Crippen LogP) is -0.00500. The first-order valence-electron chi connectivity index (χ1n) is 2.21. The summed E-state index contributed by atoms with van der Waals surface area (Å²) in [5, 5.41) is 0.111. The van der Waals surface area contributed by atoms with Crippen molar-refractivity contribution in [3.05, 3.63) is 0 Å². The van der Waals surface area contributed by atoms with Gasteiger partial charge in [-0.1, -0.05) is 15.9 Å². The number of rotatable bonds is 3. The summed E-state index contributed by atoms with van der Waals surface area (Å²) in [6, 6.07) is 0. The summed E-state index contributed by atoms with van der Waals surface area (Å²) in [5.74, 6) is -0.671. The topological polar surface area (TPSA) is 51.2 Å². The monoisotopic (exact) mass is 214 g/mol. The Morgan fingerprint density at radius 2 is 2.00 bits per heavy atom. The van der Waals surface area contributed by atoms with Gasteiger partial charge in [0.25, 0.3) is 0 Å². The highest BCUT2D eigenvalue weighted by atomic mass is 79.9. The first kappa shape index (κ1) is 9.10. The van der Waals surface area contributed by atoms with E-state index in [1.54, 1.807) is 0 Å². The molecule has 0 saturated heterocycles. The molecular weight excluding hydrogens is 208 g/mol. The van der Waals surface area contributed by atoms with E-state index in [0.29, 0.717) is 0 Å². The van der Waals surface area contributed by atoms with Crippen LogP contribution in [-0.4, -0.2) is 31.5 Å². The number of halogens is 1. The lowest BCUT2D eigenvalue weighted by Crippen LogP contribution is -2.14. The van der Waals surface area contributed by atoms with Gasteiger partial charge in [-0.05, 0) is 0 Å². The zero-order valence-corrected chi connectivity index (χ0v) is 7.33. The van der Waals surface area contributed by atoms with Gasteiger partial charge in [-0.3, -0.25) is 4.79 Å². The second kappa shape index (κ2) is 3.31. The van der Waals surface area contributed by atoms with Gasteiger partial charge in [-0.25, -0.2) is 8.42 Å². The molecule has 0 radical (unpaired) electrons. The molecule has 54 valence electrons. The van der Waals surface area contributed by atoms with Gasteiger partial charge in [-0.15, -0.1) is 0 Å². The number of ketones is 1. The van der Waals surface area contributed by atoms with Crippen LogP contribution in [0.1, 0.15) is 0 Å². The summed E-state index contributed by atoms with van der Waals surface area (Å²) in [6.45, 7) is 0. The number of hydrogen-bond donors (Lipinski definition) is 0. The fourth-order valence-corrected chi connectivity index (χ4v) is 1.48. The third kappa shape index (κ3) is 5.98. The number of hydrogen-bond acceptors (Lipinski definition) is 3. The van der Waals surface area contributed by atoms with Crippen LogP contribution in [0.2, 0.25) is 0 Å². The number of carbonyl (C=O) groups is 1. The SMILES string of the molecule is CS(=O)(=O)CC(=O)CBr. The molecular formula is C4H7BrO3S. The average Bonchev–Trinajstić information content (AvgIpc) is 1.62. The molecule has 0 fully saturated rings. The maximum absolute atomic E-state index is 10.4.